The largest absolute Gasteiger partial charge is 0.311 e. The van der Waals surface area contributed by atoms with Crippen LogP contribution < -0.4 is 4.90 Å². The van der Waals surface area contributed by atoms with Gasteiger partial charge in [0.2, 0.25) is 0 Å². The van der Waals surface area contributed by atoms with E-state index in [2.05, 4.69) is 181 Å². The minimum Gasteiger partial charge on any atom is -0.311 e. The van der Waals surface area contributed by atoms with Gasteiger partial charge in [-0.15, -0.1) is 11.3 Å². The van der Waals surface area contributed by atoms with Gasteiger partial charge in [-0.2, -0.15) is 0 Å². The first-order valence-corrected chi connectivity index (χ1v) is 16.5. The molecule has 216 valence electrons. The molecule has 8 aromatic carbocycles. The standard InChI is InChI=1S/C44H29NS/c1-2-10-38(11-3-1)45(39-22-18-31(19-23-39)34-15-14-30-8-4-5-9-33(30)26-34)40-24-20-32(21-25-40)35-16-17-36-28-42-41-12-6-7-13-43(41)46-44(42)29-37(36)27-35/h1-29H. The fourth-order valence-corrected chi connectivity index (χ4v) is 7.78. The molecular formula is C44H29NS. The van der Waals surface area contributed by atoms with Gasteiger partial charge in [-0.25, -0.2) is 0 Å². The summed E-state index contributed by atoms with van der Waals surface area (Å²) in [5, 5.41) is 7.76. The van der Waals surface area contributed by atoms with Crippen molar-refractivity contribution in [3.05, 3.63) is 176 Å². The van der Waals surface area contributed by atoms with Crippen molar-refractivity contribution in [3.8, 4) is 22.3 Å². The zero-order valence-corrected chi connectivity index (χ0v) is 25.9. The minimum absolute atomic E-state index is 1.13. The van der Waals surface area contributed by atoms with Gasteiger partial charge in [0.25, 0.3) is 0 Å². The maximum absolute atomic E-state index is 2.35. The van der Waals surface area contributed by atoms with Crippen LogP contribution in [-0.4, -0.2) is 0 Å². The van der Waals surface area contributed by atoms with Gasteiger partial charge in [-0.1, -0.05) is 109 Å². The van der Waals surface area contributed by atoms with Gasteiger partial charge in [0.1, 0.15) is 0 Å². The highest BCUT2D eigenvalue weighted by Crippen LogP contribution is 2.39. The van der Waals surface area contributed by atoms with Crippen LogP contribution in [0.5, 0.6) is 0 Å². The summed E-state index contributed by atoms with van der Waals surface area (Å²) in [4.78, 5) is 2.33. The number of hydrogen-bond acceptors (Lipinski definition) is 2. The number of fused-ring (bicyclic) bond motifs is 5. The van der Waals surface area contributed by atoms with Crippen LogP contribution in [0.1, 0.15) is 0 Å². The van der Waals surface area contributed by atoms with Crippen molar-refractivity contribution in [3.63, 3.8) is 0 Å². The van der Waals surface area contributed by atoms with Gasteiger partial charge in [0.15, 0.2) is 0 Å². The van der Waals surface area contributed by atoms with Crippen molar-refractivity contribution in [2.75, 3.05) is 4.90 Å². The summed E-state index contributed by atoms with van der Waals surface area (Å²) in [6, 6.07) is 63.9. The number of rotatable bonds is 5. The smallest absolute Gasteiger partial charge is 0.0462 e. The summed E-state index contributed by atoms with van der Waals surface area (Å²) in [6.07, 6.45) is 0. The summed E-state index contributed by atoms with van der Waals surface area (Å²) in [5.74, 6) is 0. The van der Waals surface area contributed by atoms with E-state index in [0.29, 0.717) is 0 Å². The Labute approximate surface area is 272 Å². The van der Waals surface area contributed by atoms with Gasteiger partial charge in [-0.05, 0) is 111 Å². The third kappa shape index (κ3) is 4.72. The minimum atomic E-state index is 1.13. The summed E-state index contributed by atoms with van der Waals surface area (Å²) < 4.78 is 2.68. The predicted octanol–water partition coefficient (Wildman–Crippen LogP) is 13.2. The maximum atomic E-state index is 2.35. The Morgan fingerprint density at radius 1 is 0.304 bits per heavy atom. The number of anilines is 3. The van der Waals surface area contributed by atoms with Crippen LogP contribution in [0.4, 0.5) is 17.1 Å². The third-order valence-corrected chi connectivity index (χ3v) is 10.2. The lowest BCUT2D eigenvalue weighted by Crippen LogP contribution is -2.09. The SMILES string of the molecule is c1ccc(N(c2ccc(-c3ccc4ccccc4c3)cc2)c2ccc(-c3ccc4cc5c(cc4c3)sc3ccccc35)cc2)cc1. The van der Waals surface area contributed by atoms with E-state index in [9.17, 15) is 0 Å². The first-order valence-electron chi connectivity index (χ1n) is 15.7. The molecule has 0 amide bonds. The van der Waals surface area contributed by atoms with Crippen molar-refractivity contribution in [2.24, 2.45) is 0 Å². The molecule has 1 aromatic heterocycles. The van der Waals surface area contributed by atoms with E-state index < -0.39 is 0 Å². The maximum Gasteiger partial charge on any atom is 0.0462 e. The van der Waals surface area contributed by atoms with Gasteiger partial charge in [-0.3, -0.25) is 0 Å². The van der Waals surface area contributed by atoms with Crippen LogP contribution in [0.15, 0.2) is 176 Å². The third-order valence-electron chi connectivity index (χ3n) is 9.02. The fraction of sp³-hybridized carbons (Fsp3) is 0. The molecule has 0 fully saturated rings. The van der Waals surface area contributed by atoms with Crippen LogP contribution in [0.25, 0.3) is 64.0 Å². The molecule has 0 aliphatic heterocycles. The molecule has 0 saturated heterocycles. The molecule has 1 heterocycles. The molecule has 46 heavy (non-hydrogen) atoms. The lowest BCUT2D eigenvalue weighted by molar-refractivity contribution is 1.28. The van der Waals surface area contributed by atoms with Gasteiger partial charge in [0, 0.05) is 37.2 Å². The predicted molar refractivity (Wildman–Crippen MR) is 200 cm³/mol. The van der Waals surface area contributed by atoms with Crippen molar-refractivity contribution >= 4 is 70.1 Å². The Balaban J connectivity index is 1.06. The normalized spacial score (nSPS) is 11.5. The van der Waals surface area contributed by atoms with E-state index in [1.807, 2.05) is 11.3 Å². The Morgan fingerprint density at radius 3 is 1.54 bits per heavy atom. The summed E-state index contributed by atoms with van der Waals surface area (Å²) in [7, 11) is 0. The number of para-hydroxylation sites is 1. The Morgan fingerprint density at radius 2 is 0.826 bits per heavy atom. The van der Waals surface area contributed by atoms with E-state index >= 15 is 0 Å². The van der Waals surface area contributed by atoms with Crippen LogP contribution >= 0.6 is 11.3 Å². The van der Waals surface area contributed by atoms with E-state index in [0.717, 1.165) is 17.1 Å². The quantitative estimate of drug-likeness (QED) is 0.189. The highest BCUT2D eigenvalue weighted by atomic mass is 32.1. The number of hydrogen-bond donors (Lipinski definition) is 0. The summed E-state index contributed by atoms with van der Waals surface area (Å²) in [5.41, 5.74) is 8.26. The number of benzene rings is 8. The monoisotopic (exact) mass is 603 g/mol. The fourth-order valence-electron chi connectivity index (χ4n) is 6.65. The molecule has 9 rings (SSSR count). The molecule has 0 bridgehead atoms. The van der Waals surface area contributed by atoms with E-state index in [1.165, 1.54) is 64.0 Å². The van der Waals surface area contributed by atoms with E-state index in [-0.39, 0.29) is 0 Å². The first kappa shape index (κ1) is 26.7. The van der Waals surface area contributed by atoms with Crippen LogP contribution in [-0.2, 0) is 0 Å². The number of nitrogens with zero attached hydrogens (tertiary/aromatic N) is 1. The first-order chi connectivity index (χ1) is 22.8. The molecule has 0 radical (unpaired) electrons. The second-order valence-electron chi connectivity index (χ2n) is 11.8. The van der Waals surface area contributed by atoms with E-state index in [1.54, 1.807) is 0 Å². The Hall–Kier alpha value is -5.70. The van der Waals surface area contributed by atoms with Gasteiger partial charge < -0.3 is 4.90 Å². The van der Waals surface area contributed by atoms with Crippen molar-refractivity contribution in [1.82, 2.24) is 0 Å². The molecule has 0 aliphatic carbocycles. The van der Waals surface area contributed by atoms with Crippen LogP contribution in [0, 0.1) is 0 Å². The van der Waals surface area contributed by atoms with Crippen molar-refractivity contribution in [2.45, 2.75) is 0 Å². The molecule has 9 aromatic rings. The number of thiophene rings is 1. The topological polar surface area (TPSA) is 3.24 Å². The zero-order chi connectivity index (χ0) is 30.5. The lowest BCUT2D eigenvalue weighted by atomic mass is 9.99. The molecule has 0 unspecified atom stereocenters. The van der Waals surface area contributed by atoms with Gasteiger partial charge in [0.05, 0.1) is 0 Å². The molecule has 0 atom stereocenters. The van der Waals surface area contributed by atoms with Crippen LogP contribution in [0.3, 0.4) is 0 Å². The highest BCUT2D eigenvalue weighted by Gasteiger charge is 2.14. The van der Waals surface area contributed by atoms with Gasteiger partial charge >= 0.3 is 0 Å². The molecule has 0 aliphatic rings. The average Bonchev–Trinajstić information content (AvgIpc) is 3.49. The van der Waals surface area contributed by atoms with E-state index in [4.69, 9.17) is 0 Å². The highest BCUT2D eigenvalue weighted by molar-refractivity contribution is 7.25. The Kier molecular flexibility index (Phi) is 6.40. The molecule has 2 heteroatoms. The van der Waals surface area contributed by atoms with Crippen molar-refractivity contribution < 1.29 is 0 Å². The summed E-state index contributed by atoms with van der Waals surface area (Å²) >= 11 is 1.87. The lowest BCUT2D eigenvalue weighted by Gasteiger charge is -2.26. The van der Waals surface area contributed by atoms with Crippen LogP contribution in [0.2, 0.25) is 0 Å². The second kappa shape index (κ2) is 11.0. The molecule has 1 nitrogen and oxygen atoms in total. The molecule has 0 spiro atoms. The van der Waals surface area contributed by atoms with Crippen molar-refractivity contribution in [1.29, 1.82) is 0 Å². The Bertz CT molecular complexity index is 2510. The molecular weight excluding hydrogens is 575 g/mol. The second-order valence-corrected chi connectivity index (χ2v) is 12.9. The average molecular weight is 604 g/mol. The molecule has 0 N–H and O–H groups in total. The molecule has 0 saturated carbocycles. The zero-order valence-electron chi connectivity index (χ0n) is 25.1. The summed E-state index contributed by atoms with van der Waals surface area (Å²) in [6.45, 7) is 0.